The summed E-state index contributed by atoms with van der Waals surface area (Å²) in [6.07, 6.45) is 8.81. The van der Waals surface area contributed by atoms with Crippen molar-refractivity contribution in [1.82, 2.24) is 13.5 Å². The lowest BCUT2D eigenvalue weighted by Gasteiger charge is -2.30. The van der Waals surface area contributed by atoms with E-state index in [2.05, 4.69) is 10.1 Å². The van der Waals surface area contributed by atoms with Crippen molar-refractivity contribution in [2.45, 2.75) is 44.7 Å². The molecular formula is C13H18N4O2S. The van der Waals surface area contributed by atoms with Gasteiger partial charge in [-0.25, -0.2) is 0 Å². The normalized spacial score (nSPS) is 29.6. The molecule has 108 valence electrons. The highest BCUT2D eigenvalue weighted by atomic mass is 32.2. The Balaban J connectivity index is 1.67. The minimum Gasteiger partial charge on any atom is -0.286 e. The number of aliphatic imine (C=N–C) groups is 1. The van der Waals surface area contributed by atoms with E-state index < -0.39 is 10.2 Å². The van der Waals surface area contributed by atoms with Crippen molar-refractivity contribution in [2.75, 3.05) is 6.54 Å². The fraction of sp³-hybridized carbons (Fsp3) is 0.692. The summed E-state index contributed by atoms with van der Waals surface area (Å²) in [6.45, 7) is 1.13. The van der Waals surface area contributed by atoms with Crippen molar-refractivity contribution in [3.8, 4) is 0 Å². The van der Waals surface area contributed by atoms with Gasteiger partial charge in [-0.05, 0) is 25.2 Å². The molecule has 3 heterocycles. The molecule has 4 rings (SSSR count). The van der Waals surface area contributed by atoms with Gasteiger partial charge >= 0.3 is 10.2 Å². The lowest BCUT2D eigenvalue weighted by atomic mass is 9.86. The summed E-state index contributed by atoms with van der Waals surface area (Å²) in [5.41, 5.74) is 1.58. The highest BCUT2D eigenvalue weighted by Gasteiger charge is 2.43. The van der Waals surface area contributed by atoms with E-state index >= 15 is 0 Å². The number of fused-ring (bicyclic) bond motifs is 2. The van der Waals surface area contributed by atoms with Crippen LogP contribution in [0.5, 0.6) is 0 Å². The van der Waals surface area contributed by atoms with Gasteiger partial charge in [0, 0.05) is 24.4 Å². The Hall–Kier alpha value is -1.21. The van der Waals surface area contributed by atoms with Crippen LogP contribution in [0.1, 0.15) is 43.4 Å². The van der Waals surface area contributed by atoms with Crippen molar-refractivity contribution in [2.24, 2.45) is 10.9 Å². The molecule has 1 saturated heterocycles. The van der Waals surface area contributed by atoms with Crippen LogP contribution in [-0.4, -0.2) is 40.7 Å². The highest BCUT2D eigenvalue weighted by Crippen LogP contribution is 2.38. The Kier molecular flexibility index (Phi) is 2.75. The highest BCUT2D eigenvalue weighted by molar-refractivity contribution is 7.87. The smallest absolute Gasteiger partial charge is 0.286 e. The van der Waals surface area contributed by atoms with Gasteiger partial charge in [-0.2, -0.15) is 21.9 Å². The maximum absolute atomic E-state index is 12.8. The minimum absolute atomic E-state index is 0.182. The maximum atomic E-state index is 12.8. The lowest BCUT2D eigenvalue weighted by molar-refractivity contribution is 0.258. The Bertz CT molecular complexity index is 664. The quantitative estimate of drug-likeness (QED) is 0.822. The number of hydrogen-bond donors (Lipinski definition) is 0. The molecule has 3 aliphatic rings. The first-order chi connectivity index (χ1) is 9.66. The zero-order valence-corrected chi connectivity index (χ0v) is 12.1. The first kappa shape index (κ1) is 12.5. The molecule has 0 radical (unpaired) electrons. The van der Waals surface area contributed by atoms with E-state index in [9.17, 15) is 8.42 Å². The monoisotopic (exact) mass is 294 g/mol. The second kappa shape index (κ2) is 4.39. The van der Waals surface area contributed by atoms with Crippen LogP contribution >= 0.6 is 0 Å². The van der Waals surface area contributed by atoms with Crippen LogP contribution in [0.2, 0.25) is 0 Å². The molecular weight excluding hydrogens is 276 g/mol. The van der Waals surface area contributed by atoms with Crippen LogP contribution in [0.15, 0.2) is 11.2 Å². The number of rotatable bonds is 2. The molecule has 0 spiro atoms. The summed E-state index contributed by atoms with van der Waals surface area (Å²) in [4.78, 5) is 4.09. The van der Waals surface area contributed by atoms with Crippen molar-refractivity contribution in [3.63, 3.8) is 0 Å². The Morgan fingerprint density at radius 3 is 2.90 bits per heavy atom. The number of nitrogens with zero attached hydrogens (tertiary/aromatic N) is 4. The van der Waals surface area contributed by atoms with E-state index in [0.717, 1.165) is 34.6 Å². The molecule has 2 aliphatic heterocycles. The van der Waals surface area contributed by atoms with Gasteiger partial charge in [0.15, 0.2) is 0 Å². The molecule has 7 heteroatoms. The molecule has 0 aromatic carbocycles. The molecule has 2 atom stereocenters. The molecule has 0 N–H and O–H groups in total. The number of aromatic nitrogens is 2. The molecule has 1 aromatic rings. The Morgan fingerprint density at radius 2 is 2.05 bits per heavy atom. The van der Waals surface area contributed by atoms with E-state index in [1.807, 2.05) is 0 Å². The van der Waals surface area contributed by atoms with Gasteiger partial charge in [0.1, 0.15) is 0 Å². The molecule has 2 fully saturated rings. The van der Waals surface area contributed by atoms with Gasteiger partial charge < -0.3 is 0 Å². The molecule has 2 unspecified atom stereocenters. The van der Waals surface area contributed by atoms with E-state index in [0.29, 0.717) is 19.0 Å². The summed E-state index contributed by atoms with van der Waals surface area (Å²) >= 11 is 0. The predicted molar refractivity (Wildman–Crippen MR) is 74.9 cm³/mol. The SMILES string of the molecule is O=S(=O)(N1CCC2CCCCC21)n1cc2c(n1)CN=C2. The largest absolute Gasteiger partial charge is 0.323 e. The maximum Gasteiger partial charge on any atom is 0.323 e. The first-order valence-electron chi connectivity index (χ1n) is 7.27. The van der Waals surface area contributed by atoms with Crippen LogP contribution in [0.25, 0.3) is 0 Å². The zero-order chi connectivity index (χ0) is 13.7. The van der Waals surface area contributed by atoms with Gasteiger partial charge in [-0.1, -0.05) is 12.8 Å². The molecule has 6 nitrogen and oxygen atoms in total. The van der Waals surface area contributed by atoms with Crippen LogP contribution < -0.4 is 0 Å². The van der Waals surface area contributed by atoms with Crippen molar-refractivity contribution in [1.29, 1.82) is 0 Å². The topological polar surface area (TPSA) is 67.6 Å². The summed E-state index contributed by atoms with van der Waals surface area (Å²) < 4.78 is 28.4. The van der Waals surface area contributed by atoms with Crippen molar-refractivity contribution < 1.29 is 8.42 Å². The Morgan fingerprint density at radius 1 is 1.20 bits per heavy atom. The van der Waals surface area contributed by atoms with E-state index in [4.69, 9.17) is 0 Å². The zero-order valence-electron chi connectivity index (χ0n) is 11.3. The summed E-state index contributed by atoms with van der Waals surface area (Å²) in [5, 5.41) is 4.21. The molecule has 0 bridgehead atoms. The van der Waals surface area contributed by atoms with E-state index in [-0.39, 0.29) is 6.04 Å². The fourth-order valence-corrected chi connectivity index (χ4v) is 5.35. The summed E-state index contributed by atoms with van der Waals surface area (Å²) in [5.74, 6) is 0.544. The fourth-order valence-electron chi connectivity index (χ4n) is 3.74. The second-order valence-electron chi connectivity index (χ2n) is 5.89. The average Bonchev–Trinajstić information content (AvgIpc) is 3.12. The lowest BCUT2D eigenvalue weighted by Crippen LogP contribution is -2.42. The van der Waals surface area contributed by atoms with Crippen LogP contribution in [0, 0.1) is 5.92 Å². The predicted octanol–water partition coefficient (Wildman–Crippen LogP) is 1.17. The summed E-state index contributed by atoms with van der Waals surface area (Å²) in [7, 11) is -3.51. The van der Waals surface area contributed by atoms with Crippen molar-refractivity contribution in [3.05, 3.63) is 17.5 Å². The van der Waals surface area contributed by atoms with E-state index in [1.165, 1.54) is 12.8 Å². The third kappa shape index (κ3) is 1.76. The second-order valence-corrected chi connectivity index (χ2v) is 7.63. The van der Waals surface area contributed by atoms with Gasteiger partial charge in [-0.3, -0.25) is 4.99 Å². The summed E-state index contributed by atoms with van der Waals surface area (Å²) in [6, 6.07) is 0.182. The molecule has 20 heavy (non-hydrogen) atoms. The molecule has 0 amide bonds. The van der Waals surface area contributed by atoms with Gasteiger partial charge in [0.05, 0.1) is 18.4 Å². The third-order valence-electron chi connectivity index (χ3n) is 4.77. The van der Waals surface area contributed by atoms with Gasteiger partial charge in [-0.15, -0.1) is 0 Å². The average molecular weight is 294 g/mol. The standard InChI is InChI=1S/C13H18N4O2S/c18-20(19,17-9-11-7-14-8-12(11)15-17)16-6-5-10-3-1-2-4-13(10)16/h7,9-10,13H,1-6,8H2. The van der Waals surface area contributed by atoms with E-state index in [1.54, 1.807) is 16.7 Å². The molecule has 1 aliphatic carbocycles. The molecule has 1 saturated carbocycles. The minimum atomic E-state index is -3.51. The molecule has 1 aromatic heterocycles. The van der Waals surface area contributed by atoms with Crippen LogP contribution in [0.4, 0.5) is 0 Å². The van der Waals surface area contributed by atoms with Crippen molar-refractivity contribution >= 4 is 16.4 Å². The van der Waals surface area contributed by atoms with Gasteiger partial charge in [0.2, 0.25) is 0 Å². The first-order valence-corrected chi connectivity index (χ1v) is 8.67. The van der Waals surface area contributed by atoms with Crippen LogP contribution in [0.3, 0.4) is 0 Å². The van der Waals surface area contributed by atoms with Gasteiger partial charge in [0.25, 0.3) is 0 Å². The van der Waals surface area contributed by atoms with Crippen LogP contribution in [-0.2, 0) is 16.8 Å². The third-order valence-corrected chi connectivity index (χ3v) is 6.47. The Labute approximate surface area is 118 Å². The number of hydrogen-bond acceptors (Lipinski definition) is 4.